The molecule has 1 aliphatic rings. The number of hydrogen-bond donors (Lipinski definition) is 0. The first kappa shape index (κ1) is 15.7. The van der Waals surface area contributed by atoms with Crippen LogP contribution in [0.2, 0.25) is 0 Å². The van der Waals surface area contributed by atoms with Crippen LogP contribution in [-0.2, 0) is 6.54 Å². The molecule has 0 unspecified atom stereocenters. The summed E-state index contributed by atoms with van der Waals surface area (Å²) >= 11 is 0. The van der Waals surface area contributed by atoms with Crippen molar-refractivity contribution in [2.45, 2.75) is 32.4 Å². The van der Waals surface area contributed by atoms with Crippen molar-refractivity contribution >= 4 is 11.6 Å². The van der Waals surface area contributed by atoms with Crippen LogP contribution in [0.25, 0.3) is 5.65 Å². The number of ether oxygens (including phenoxy) is 1. The molecule has 1 aliphatic carbocycles. The summed E-state index contributed by atoms with van der Waals surface area (Å²) in [5.41, 5.74) is 2.55. The number of carbonyl (C=O) groups is 1. The number of hydrogen-bond acceptors (Lipinski definition) is 3. The molecule has 5 nitrogen and oxygen atoms in total. The van der Waals surface area contributed by atoms with Crippen molar-refractivity contribution in [1.29, 1.82) is 0 Å². The maximum absolute atomic E-state index is 13.2. The Morgan fingerprint density at radius 1 is 1.24 bits per heavy atom. The summed E-state index contributed by atoms with van der Waals surface area (Å²) in [6.07, 6.45) is 5.95. The number of aromatic nitrogens is 2. The van der Waals surface area contributed by atoms with Crippen LogP contribution in [0.4, 0.5) is 0 Å². The lowest BCUT2D eigenvalue weighted by molar-refractivity contribution is 0.0723. The van der Waals surface area contributed by atoms with E-state index in [0.717, 1.165) is 24.2 Å². The van der Waals surface area contributed by atoms with Gasteiger partial charge in [-0.15, -0.1) is 0 Å². The Labute approximate surface area is 146 Å². The predicted molar refractivity (Wildman–Crippen MR) is 95.7 cm³/mol. The van der Waals surface area contributed by atoms with Crippen LogP contribution in [0.15, 0.2) is 54.9 Å². The average molecular weight is 335 g/mol. The van der Waals surface area contributed by atoms with Crippen LogP contribution in [0.3, 0.4) is 0 Å². The predicted octanol–water partition coefficient (Wildman–Crippen LogP) is 3.54. The molecule has 1 amide bonds. The minimum atomic E-state index is 0.0254. The van der Waals surface area contributed by atoms with E-state index >= 15 is 0 Å². The molecular formula is C20H21N3O2. The monoisotopic (exact) mass is 335 g/mol. The van der Waals surface area contributed by atoms with Gasteiger partial charge in [-0.05, 0) is 44.0 Å². The van der Waals surface area contributed by atoms with Crippen LogP contribution in [0.1, 0.15) is 35.8 Å². The summed E-state index contributed by atoms with van der Waals surface area (Å²) < 4.78 is 7.69. The van der Waals surface area contributed by atoms with Crippen LogP contribution >= 0.6 is 0 Å². The van der Waals surface area contributed by atoms with Gasteiger partial charge in [-0.2, -0.15) is 0 Å². The maximum Gasteiger partial charge on any atom is 0.258 e. The van der Waals surface area contributed by atoms with Crippen molar-refractivity contribution in [3.63, 3.8) is 0 Å². The maximum atomic E-state index is 13.2. The SMILES string of the molecule is CCOc1ccccc1C(=O)N(Cc1cnc2ccccn12)C1CC1. The van der Waals surface area contributed by atoms with Crippen molar-refractivity contribution in [3.8, 4) is 5.75 Å². The molecule has 0 radical (unpaired) electrons. The van der Waals surface area contributed by atoms with Gasteiger partial charge in [-0.1, -0.05) is 18.2 Å². The fourth-order valence-corrected chi connectivity index (χ4v) is 3.11. The minimum Gasteiger partial charge on any atom is -0.493 e. The largest absolute Gasteiger partial charge is 0.493 e. The number of rotatable bonds is 6. The second-order valence-electron chi connectivity index (χ2n) is 6.27. The second-order valence-corrected chi connectivity index (χ2v) is 6.27. The number of amides is 1. The first-order valence-corrected chi connectivity index (χ1v) is 8.71. The van der Waals surface area contributed by atoms with E-state index in [1.54, 1.807) is 0 Å². The van der Waals surface area contributed by atoms with Gasteiger partial charge in [0.25, 0.3) is 5.91 Å². The number of pyridine rings is 1. The number of imidazole rings is 1. The molecule has 0 bridgehead atoms. The smallest absolute Gasteiger partial charge is 0.258 e. The number of benzene rings is 1. The standard InChI is InChI=1S/C20H21N3O2/c1-2-25-18-8-4-3-7-17(18)20(24)23(15-10-11-15)14-16-13-21-19-9-5-6-12-22(16)19/h3-9,12-13,15H,2,10-11,14H2,1H3. The number of carbonyl (C=O) groups excluding carboxylic acids is 1. The number of para-hydroxylation sites is 1. The molecule has 25 heavy (non-hydrogen) atoms. The summed E-state index contributed by atoms with van der Waals surface area (Å²) in [4.78, 5) is 19.6. The van der Waals surface area contributed by atoms with Crippen molar-refractivity contribution < 1.29 is 9.53 Å². The molecule has 0 saturated heterocycles. The van der Waals surface area contributed by atoms with Crippen molar-refractivity contribution in [1.82, 2.24) is 14.3 Å². The average Bonchev–Trinajstić information content (AvgIpc) is 3.41. The molecule has 1 fully saturated rings. The molecule has 2 aromatic heterocycles. The van der Waals surface area contributed by atoms with E-state index in [9.17, 15) is 4.79 Å². The minimum absolute atomic E-state index is 0.0254. The van der Waals surface area contributed by atoms with Gasteiger partial charge < -0.3 is 14.0 Å². The molecule has 128 valence electrons. The highest BCUT2D eigenvalue weighted by atomic mass is 16.5. The van der Waals surface area contributed by atoms with Gasteiger partial charge in [0.1, 0.15) is 11.4 Å². The Morgan fingerprint density at radius 2 is 2.04 bits per heavy atom. The van der Waals surface area contributed by atoms with Crippen LogP contribution < -0.4 is 4.74 Å². The normalized spacial score (nSPS) is 13.8. The van der Waals surface area contributed by atoms with Gasteiger partial charge in [0, 0.05) is 12.2 Å². The molecule has 4 rings (SSSR count). The lowest BCUT2D eigenvalue weighted by Crippen LogP contribution is -2.33. The van der Waals surface area contributed by atoms with E-state index in [4.69, 9.17) is 4.74 Å². The zero-order valence-corrected chi connectivity index (χ0v) is 14.3. The summed E-state index contributed by atoms with van der Waals surface area (Å²) in [5.74, 6) is 0.677. The lowest BCUT2D eigenvalue weighted by atomic mass is 10.1. The zero-order chi connectivity index (χ0) is 17.2. The molecule has 1 aromatic carbocycles. The van der Waals surface area contributed by atoms with Gasteiger partial charge in [-0.3, -0.25) is 4.79 Å². The Kier molecular flexibility index (Phi) is 4.14. The molecule has 2 heterocycles. The third-order valence-electron chi connectivity index (χ3n) is 4.49. The van der Waals surface area contributed by atoms with Crippen LogP contribution in [-0.4, -0.2) is 32.8 Å². The quantitative estimate of drug-likeness (QED) is 0.692. The van der Waals surface area contributed by atoms with E-state index < -0.39 is 0 Å². The van der Waals surface area contributed by atoms with Crippen molar-refractivity contribution in [2.24, 2.45) is 0 Å². The summed E-state index contributed by atoms with van der Waals surface area (Å²) in [6.45, 7) is 3.02. The molecule has 3 aromatic rings. The number of nitrogens with zero attached hydrogens (tertiary/aromatic N) is 3. The first-order chi connectivity index (χ1) is 12.3. The van der Waals surface area contributed by atoms with E-state index in [2.05, 4.69) is 4.98 Å². The summed E-state index contributed by atoms with van der Waals surface area (Å²) in [7, 11) is 0. The fourth-order valence-electron chi connectivity index (χ4n) is 3.11. The van der Waals surface area contributed by atoms with Gasteiger partial charge >= 0.3 is 0 Å². The summed E-state index contributed by atoms with van der Waals surface area (Å²) in [6, 6.07) is 13.7. The topological polar surface area (TPSA) is 46.8 Å². The van der Waals surface area contributed by atoms with Crippen molar-refractivity contribution in [3.05, 3.63) is 66.1 Å². The van der Waals surface area contributed by atoms with Gasteiger partial charge in [0.2, 0.25) is 0 Å². The van der Waals surface area contributed by atoms with E-state index in [1.165, 1.54) is 0 Å². The number of fused-ring (bicyclic) bond motifs is 1. The molecule has 0 spiro atoms. The second kappa shape index (κ2) is 6.59. The third-order valence-corrected chi connectivity index (χ3v) is 4.49. The van der Waals surface area contributed by atoms with Crippen molar-refractivity contribution in [2.75, 3.05) is 6.61 Å². The molecule has 5 heteroatoms. The van der Waals surface area contributed by atoms with E-state index in [1.807, 2.05) is 71.1 Å². The Hall–Kier alpha value is -2.82. The first-order valence-electron chi connectivity index (χ1n) is 8.71. The van der Waals surface area contributed by atoms with E-state index in [0.29, 0.717) is 30.5 Å². The van der Waals surface area contributed by atoms with Crippen LogP contribution in [0.5, 0.6) is 5.75 Å². The third kappa shape index (κ3) is 3.09. The van der Waals surface area contributed by atoms with Gasteiger partial charge in [0.05, 0.1) is 30.6 Å². The Bertz CT molecular complexity index is 899. The molecule has 0 atom stereocenters. The summed E-state index contributed by atoms with van der Waals surface area (Å²) in [5, 5.41) is 0. The molecule has 1 saturated carbocycles. The highest BCUT2D eigenvalue weighted by molar-refractivity contribution is 5.97. The fraction of sp³-hybridized carbons (Fsp3) is 0.300. The van der Waals surface area contributed by atoms with Gasteiger partial charge in [0.15, 0.2) is 0 Å². The molecular weight excluding hydrogens is 314 g/mol. The molecule has 0 N–H and O–H groups in total. The highest BCUT2D eigenvalue weighted by Gasteiger charge is 2.34. The van der Waals surface area contributed by atoms with Crippen LogP contribution in [0, 0.1) is 0 Å². The lowest BCUT2D eigenvalue weighted by Gasteiger charge is -2.23. The zero-order valence-electron chi connectivity index (χ0n) is 14.3. The molecule has 0 aliphatic heterocycles. The van der Waals surface area contributed by atoms with Gasteiger partial charge in [-0.25, -0.2) is 4.98 Å². The Morgan fingerprint density at radius 3 is 2.84 bits per heavy atom. The van der Waals surface area contributed by atoms with E-state index in [-0.39, 0.29) is 5.91 Å². The highest BCUT2D eigenvalue weighted by Crippen LogP contribution is 2.31. The Balaban J connectivity index is 1.65.